The van der Waals surface area contributed by atoms with Crippen LogP contribution >= 0.6 is 0 Å². The van der Waals surface area contributed by atoms with Crippen LogP contribution in [0, 0.1) is 0 Å². The number of nitrogens with zero attached hydrogens (tertiary/aromatic N) is 1. The molecule has 122 valence electrons. The fourth-order valence-corrected chi connectivity index (χ4v) is 3.63. The van der Waals surface area contributed by atoms with Crippen LogP contribution in [0.1, 0.15) is 43.7 Å². The van der Waals surface area contributed by atoms with Crippen molar-refractivity contribution in [3.63, 3.8) is 0 Å². The summed E-state index contributed by atoms with van der Waals surface area (Å²) in [6, 6.07) is 6.69. The Hall–Kier alpha value is -1.26. The zero-order valence-electron chi connectivity index (χ0n) is 13.8. The van der Waals surface area contributed by atoms with Crippen molar-refractivity contribution in [1.29, 1.82) is 0 Å². The van der Waals surface area contributed by atoms with Gasteiger partial charge >= 0.3 is 0 Å². The number of piperidine rings is 2. The topological polar surface area (TPSA) is 33.7 Å². The minimum Gasteiger partial charge on any atom is -0.493 e. The van der Waals surface area contributed by atoms with Crippen molar-refractivity contribution in [2.24, 2.45) is 0 Å². The molecule has 2 aliphatic heterocycles. The van der Waals surface area contributed by atoms with Crippen molar-refractivity contribution in [3.05, 3.63) is 23.8 Å². The van der Waals surface area contributed by atoms with E-state index in [4.69, 9.17) is 9.47 Å². The third-order valence-corrected chi connectivity index (χ3v) is 4.77. The van der Waals surface area contributed by atoms with E-state index in [0.29, 0.717) is 6.04 Å². The summed E-state index contributed by atoms with van der Waals surface area (Å²) in [4.78, 5) is 2.34. The molecule has 4 heteroatoms. The largest absolute Gasteiger partial charge is 0.493 e. The Kier molecular flexibility index (Phi) is 5.21. The lowest BCUT2D eigenvalue weighted by molar-refractivity contribution is 0.101. The molecule has 2 heterocycles. The quantitative estimate of drug-likeness (QED) is 0.927. The molecule has 0 aliphatic carbocycles. The van der Waals surface area contributed by atoms with Gasteiger partial charge in [-0.25, -0.2) is 0 Å². The average molecular weight is 304 g/mol. The fraction of sp³-hybridized carbons (Fsp3) is 0.667. The molecule has 0 amide bonds. The summed E-state index contributed by atoms with van der Waals surface area (Å²) in [6.07, 6.45) is 6.31. The van der Waals surface area contributed by atoms with E-state index < -0.39 is 0 Å². The zero-order chi connectivity index (χ0) is 15.4. The molecule has 2 unspecified atom stereocenters. The maximum Gasteiger partial charge on any atom is 0.165 e. The van der Waals surface area contributed by atoms with E-state index in [1.54, 1.807) is 7.11 Å². The summed E-state index contributed by atoms with van der Waals surface area (Å²) >= 11 is 0. The number of hydrogen-bond acceptors (Lipinski definition) is 4. The van der Waals surface area contributed by atoms with Gasteiger partial charge in [0, 0.05) is 18.2 Å². The summed E-state index contributed by atoms with van der Waals surface area (Å²) in [5.74, 6) is 1.81. The Morgan fingerprint density at radius 3 is 2.82 bits per heavy atom. The van der Waals surface area contributed by atoms with Crippen molar-refractivity contribution in [3.8, 4) is 11.5 Å². The Morgan fingerprint density at radius 2 is 2.09 bits per heavy atom. The van der Waals surface area contributed by atoms with Crippen LogP contribution in [-0.2, 0) is 0 Å². The number of ether oxygens (including phenoxy) is 2. The number of likely N-dealkylation sites (N-methyl/N-ethyl adjacent to an activating group) is 1. The molecule has 2 saturated heterocycles. The molecule has 2 atom stereocenters. The van der Waals surface area contributed by atoms with Gasteiger partial charge in [-0.15, -0.1) is 0 Å². The molecule has 2 fully saturated rings. The predicted molar refractivity (Wildman–Crippen MR) is 88.7 cm³/mol. The number of rotatable bonds is 4. The minimum atomic E-state index is 0.266. The molecule has 3 rings (SSSR count). The van der Waals surface area contributed by atoms with Gasteiger partial charge in [0.15, 0.2) is 11.5 Å². The van der Waals surface area contributed by atoms with Gasteiger partial charge in [0.2, 0.25) is 0 Å². The fourth-order valence-electron chi connectivity index (χ4n) is 3.63. The number of benzene rings is 1. The van der Waals surface area contributed by atoms with Gasteiger partial charge in [-0.2, -0.15) is 0 Å². The first-order valence-corrected chi connectivity index (χ1v) is 8.53. The number of nitrogens with one attached hydrogen (secondary N) is 1. The molecule has 4 nitrogen and oxygen atoms in total. The lowest BCUT2D eigenvalue weighted by atomic mass is 9.96. The third kappa shape index (κ3) is 3.55. The number of para-hydroxylation sites is 1. The van der Waals surface area contributed by atoms with Crippen molar-refractivity contribution in [1.82, 2.24) is 10.2 Å². The molecule has 0 bridgehead atoms. The summed E-state index contributed by atoms with van der Waals surface area (Å²) in [5, 5.41) is 3.60. The first-order valence-electron chi connectivity index (χ1n) is 8.53. The van der Waals surface area contributed by atoms with Crippen molar-refractivity contribution >= 4 is 0 Å². The highest BCUT2D eigenvalue weighted by atomic mass is 16.5. The van der Waals surface area contributed by atoms with Gasteiger partial charge in [-0.3, -0.25) is 0 Å². The summed E-state index contributed by atoms with van der Waals surface area (Å²) in [7, 11) is 3.91. The van der Waals surface area contributed by atoms with E-state index >= 15 is 0 Å². The Bertz CT molecular complexity index is 486. The van der Waals surface area contributed by atoms with E-state index in [9.17, 15) is 0 Å². The second kappa shape index (κ2) is 7.34. The van der Waals surface area contributed by atoms with Gasteiger partial charge in [-0.05, 0) is 51.9 Å². The van der Waals surface area contributed by atoms with Crippen molar-refractivity contribution in [2.45, 2.75) is 44.2 Å². The van der Waals surface area contributed by atoms with Crippen LogP contribution in [0.25, 0.3) is 0 Å². The van der Waals surface area contributed by atoms with E-state index in [-0.39, 0.29) is 6.10 Å². The van der Waals surface area contributed by atoms with Crippen LogP contribution in [0.3, 0.4) is 0 Å². The van der Waals surface area contributed by atoms with E-state index in [1.165, 1.54) is 37.8 Å². The highest BCUT2D eigenvalue weighted by molar-refractivity contribution is 5.48. The number of likely N-dealkylation sites (tertiary alicyclic amines) is 1. The molecular weight excluding hydrogens is 276 g/mol. The number of hydrogen-bond donors (Lipinski definition) is 1. The van der Waals surface area contributed by atoms with Gasteiger partial charge < -0.3 is 19.7 Å². The molecule has 1 aromatic carbocycles. The second-order valence-electron chi connectivity index (χ2n) is 6.53. The molecule has 0 radical (unpaired) electrons. The lowest BCUT2D eigenvalue weighted by Gasteiger charge is -2.31. The average Bonchev–Trinajstić information content (AvgIpc) is 2.55. The highest BCUT2D eigenvalue weighted by Crippen LogP contribution is 2.38. The standard InChI is InChI=1S/C18H28N2O2/c1-20-12-6-7-14(13-20)22-17-10-5-8-15(18(17)21-2)16-9-3-4-11-19-16/h5,8,10,14,16,19H,3-4,6-7,9,11-13H2,1-2H3. The third-order valence-electron chi connectivity index (χ3n) is 4.77. The molecular formula is C18H28N2O2. The SMILES string of the molecule is COc1c(OC2CCCN(C)C2)cccc1C1CCCCN1. The van der Waals surface area contributed by atoms with Crippen molar-refractivity contribution in [2.75, 3.05) is 33.8 Å². The summed E-state index contributed by atoms with van der Waals surface area (Å²) in [5.41, 5.74) is 1.24. The van der Waals surface area contributed by atoms with Crippen LogP contribution in [0.5, 0.6) is 11.5 Å². The van der Waals surface area contributed by atoms with Crippen LogP contribution in [0.2, 0.25) is 0 Å². The number of methoxy groups -OCH3 is 1. The molecule has 0 spiro atoms. The molecule has 0 aromatic heterocycles. The highest BCUT2D eigenvalue weighted by Gasteiger charge is 2.24. The van der Waals surface area contributed by atoms with E-state index in [1.807, 2.05) is 6.07 Å². The first kappa shape index (κ1) is 15.6. The Balaban J connectivity index is 1.78. The maximum atomic E-state index is 6.28. The Morgan fingerprint density at radius 1 is 1.18 bits per heavy atom. The summed E-state index contributed by atoms with van der Waals surface area (Å²) < 4.78 is 12.0. The van der Waals surface area contributed by atoms with Crippen LogP contribution < -0.4 is 14.8 Å². The van der Waals surface area contributed by atoms with Gasteiger partial charge in [0.1, 0.15) is 6.10 Å². The van der Waals surface area contributed by atoms with Gasteiger partial charge in [0.25, 0.3) is 0 Å². The van der Waals surface area contributed by atoms with Gasteiger partial charge in [-0.1, -0.05) is 18.6 Å². The molecule has 2 aliphatic rings. The van der Waals surface area contributed by atoms with Crippen LogP contribution in [0.15, 0.2) is 18.2 Å². The molecule has 1 aromatic rings. The van der Waals surface area contributed by atoms with Crippen LogP contribution in [-0.4, -0.2) is 44.8 Å². The van der Waals surface area contributed by atoms with E-state index in [2.05, 4.69) is 29.4 Å². The molecule has 0 saturated carbocycles. The molecule has 1 N–H and O–H groups in total. The monoisotopic (exact) mass is 304 g/mol. The van der Waals surface area contributed by atoms with Crippen LogP contribution in [0.4, 0.5) is 0 Å². The lowest BCUT2D eigenvalue weighted by Crippen LogP contribution is -2.38. The second-order valence-corrected chi connectivity index (χ2v) is 6.53. The first-order chi connectivity index (χ1) is 10.8. The zero-order valence-corrected chi connectivity index (χ0v) is 13.8. The van der Waals surface area contributed by atoms with E-state index in [0.717, 1.165) is 31.0 Å². The smallest absolute Gasteiger partial charge is 0.165 e. The summed E-state index contributed by atoms with van der Waals surface area (Å²) in [6.45, 7) is 3.25. The maximum absolute atomic E-state index is 6.28. The minimum absolute atomic E-state index is 0.266. The normalized spacial score (nSPS) is 26.6. The van der Waals surface area contributed by atoms with Gasteiger partial charge in [0.05, 0.1) is 7.11 Å². The predicted octanol–water partition coefficient (Wildman–Crippen LogP) is 2.98. The van der Waals surface area contributed by atoms with Crippen molar-refractivity contribution < 1.29 is 9.47 Å². The Labute approximate surface area is 133 Å². The molecule has 22 heavy (non-hydrogen) atoms.